The number of fused-ring (bicyclic) bond motifs is 1. The molecule has 0 saturated carbocycles. The quantitative estimate of drug-likeness (QED) is 0.574. The number of benzene rings is 1. The Bertz CT molecular complexity index is 554. The molecule has 1 amide bonds. The standard InChI is InChI=1S/C13H10FNO2/c1-2-3-4-7-15-11-6-5-9(14)8-10(11)12(16)13(15)17/h5-6,8H,4,7H2,1H3. The highest BCUT2D eigenvalue weighted by Crippen LogP contribution is 2.29. The fourth-order valence-corrected chi connectivity index (χ4v) is 1.79. The van der Waals surface area contributed by atoms with Gasteiger partial charge in [-0.1, -0.05) is 0 Å². The third-order valence-corrected chi connectivity index (χ3v) is 2.57. The molecule has 86 valence electrons. The third kappa shape index (κ3) is 1.92. The smallest absolute Gasteiger partial charge is 0.299 e. The van der Waals surface area contributed by atoms with Crippen molar-refractivity contribution in [3.05, 3.63) is 29.6 Å². The summed E-state index contributed by atoms with van der Waals surface area (Å²) >= 11 is 0. The maximum Gasteiger partial charge on any atom is 0.299 e. The topological polar surface area (TPSA) is 37.4 Å². The molecule has 0 aliphatic carbocycles. The van der Waals surface area contributed by atoms with E-state index in [2.05, 4.69) is 11.8 Å². The van der Waals surface area contributed by atoms with E-state index >= 15 is 0 Å². The molecular formula is C13H10FNO2. The highest BCUT2D eigenvalue weighted by atomic mass is 19.1. The number of rotatable bonds is 2. The molecule has 0 aromatic heterocycles. The second-order valence-electron chi connectivity index (χ2n) is 3.62. The summed E-state index contributed by atoms with van der Waals surface area (Å²) in [4.78, 5) is 24.6. The van der Waals surface area contributed by atoms with Crippen molar-refractivity contribution in [2.45, 2.75) is 13.3 Å². The molecule has 0 N–H and O–H groups in total. The molecule has 0 radical (unpaired) electrons. The first-order chi connectivity index (χ1) is 8.15. The Morgan fingerprint density at radius 2 is 2.12 bits per heavy atom. The normalized spacial score (nSPS) is 13.4. The van der Waals surface area contributed by atoms with Crippen molar-refractivity contribution in [1.29, 1.82) is 0 Å². The van der Waals surface area contributed by atoms with Gasteiger partial charge in [-0.3, -0.25) is 9.59 Å². The van der Waals surface area contributed by atoms with Crippen molar-refractivity contribution in [2.24, 2.45) is 0 Å². The molecule has 0 bridgehead atoms. The van der Waals surface area contributed by atoms with E-state index in [0.29, 0.717) is 18.7 Å². The van der Waals surface area contributed by atoms with E-state index < -0.39 is 17.5 Å². The minimum Gasteiger partial charge on any atom is -0.304 e. The SMILES string of the molecule is CC#CCCN1C(=O)C(=O)c2cc(F)ccc21. The lowest BCUT2D eigenvalue weighted by Gasteiger charge is -2.14. The van der Waals surface area contributed by atoms with Crippen LogP contribution in [-0.2, 0) is 4.79 Å². The van der Waals surface area contributed by atoms with Crippen LogP contribution in [0.2, 0.25) is 0 Å². The Morgan fingerprint density at radius 3 is 2.82 bits per heavy atom. The number of hydrogen-bond donors (Lipinski definition) is 0. The number of halogens is 1. The van der Waals surface area contributed by atoms with Crippen LogP contribution in [0.4, 0.5) is 10.1 Å². The minimum absolute atomic E-state index is 0.138. The lowest BCUT2D eigenvalue weighted by molar-refractivity contribution is -0.114. The average Bonchev–Trinajstić information content (AvgIpc) is 2.54. The molecule has 1 aliphatic rings. The van der Waals surface area contributed by atoms with Crippen LogP contribution in [0.25, 0.3) is 0 Å². The van der Waals surface area contributed by atoms with E-state index in [0.717, 1.165) is 6.07 Å². The number of carbonyl (C=O) groups excluding carboxylic acids is 2. The molecule has 0 saturated heterocycles. The van der Waals surface area contributed by atoms with Gasteiger partial charge < -0.3 is 4.90 Å². The second kappa shape index (κ2) is 4.38. The number of nitrogens with zero attached hydrogens (tertiary/aromatic N) is 1. The van der Waals surface area contributed by atoms with Gasteiger partial charge in [-0.15, -0.1) is 11.8 Å². The van der Waals surface area contributed by atoms with E-state index in [1.807, 2.05) is 0 Å². The molecule has 2 rings (SSSR count). The van der Waals surface area contributed by atoms with Crippen LogP contribution in [0.5, 0.6) is 0 Å². The van der Waals surface area contributed by atoms with Crippen LogP contribution in [0.1, 0.15) is 23.7 Å². The van der Waals surface area contributed by atoms with Gasteiger partial charge in [-0.25, -0.2) is 4.39 Å². The summed E-state index contributed by atoms with van der Waals surface area (Å²) in [6.45, 7) is 2.06. The fourth-order valence-electron chi connectivity index (χ4n) is 1.79. The maximum absolute atomic E-state index is 13.0. The van der Waals surface area contributed by atoms with Crippen LogP contribution in [0, 0.1) is 17.7 Å². The fraction of sp³-hybridized carbons (Fsp3) is 0.231. The monoisotopic (exact) mass is 231 g/mol. The molecule has 0 unspecified atom stereocenters. The van der Waals surface area contributed by atoms with Gasteiger partial charge in [0.15, 0.2) is 0 Å². The molecule has 0 atom stereocenters. The first-order valence-electron chi connectivity index (χ1n) is 5.20. The van der Waals surface area contributed by atoms with Crippen LogP contribution < -0.4 is 4.90 Å². The zero-order chi connectivity index (χ0) is 12.4. The minimum atomic E-state index is -0.649. The van der Waals surface area contributed by atoms with E-state index in [4.69, 9.17) is 0 Å². The number of carbonyl (C=O) groups is 2. The van der Waals surface area contributed by atoms with Gasteiger partial charge in [-0.2, -0.15) is 0 Å². The summed E-state index contributed by atoms with van der Waals surface area (Å²) in [7, 11) is 0. The number of Topliss-reactive ketones (excluding diaryl/α,β-unsaturated/α-hetero) is 1. The van der Waals surface area contributed by atoms with Gasteiger partial charge in [0, 0.05) is 13.0 Å². The third-order valence-electron chi connectivity index (χ3n) is 2.57. The van der Waals surface area contributed by atoms with Crippen molar-refractivity contribution in [1.82, 2.24) is 0 Å². The van der Waals surface area contributed by atoms with Crippen molar-refractivity contribution in [2.75, 3.05) is 11.4 Å². The summed E-state index contributed by atoms with van der Waals surface area (Å²) in [5, 5.41) is 0. The largest absolute Gasteiger partial charge is 0.304 e. The molecule has 4 heteroatoms. The lowest BCUT2D eigenvalue weighted by atomic mass is 10.1. The number of anilines is 1. The Labute approximate surface area is 98.2 Å². The molecule has 0 fully saturated rings. The van der Waals surface area contributed by atoms with Gasteiger partial charge in [0.1, 0.15) is 5.82 Å². The van der Waals surface area contributed by atoms with Gasteiger partial charge >= 0.3 is 0 Å². The molecule has 1 aliphatic heterocycles. The summed E-state index contributed by atoms with van der Waals surface area (Å²) in [5.74, 6) is 3.77. The predicted octanol–water partition coefficient (Wildman–Crippen LogP) is 1.77. The molecule has 0 spiro atoms. The van der Waals surface area contributed by atoms with Crippen molar-refractivity contribution in [3.63, 3.8) is 0 Å². The lowest BCUT2D eigenvalue weighted by Crippen LogP contribution is -2.30. The zero-order valence-corrected chi connectivity index (χ0v) is 9.29. The van der Waals surface area contributed by atoms with Gasteiger partial charge in [0.05, 0.1) is 11.3 Å². The van der Waals surface area contributed by atoms with Gasteiger partial charge in [0.2, 0.25) is 0 Å². The Balaban J connectivity index is 2.33. The molecule has 17 heavy (non-hydrogen) atoms. The summed E-state index contributed by atoms with van der Waals surface area (Å²) in [5.41, 5.74) is 0.610. The van der Waals surface area contributed by atoms with E-state index in [-0.39, 0.29) is 5.56 Å². The van der Waals surface area contributed by atoms with E-state index in [1.54, 1.807) is 6.92 Å². The van der Waals surface area contributed by atoms with Crippen molar-refractivity contribution in [3.8, 4) is 11.8 Å². The van der Waals surface area contributed by atoms with Crippen LogP contribution >= 0.6 is 0 Å². The van der Waals surface area contributed by atoms with E-state index in [1.165, 1.54) is 17.0 Å². The predicted molar refractivity (Wildman–Crippen MR) is 61.2 cm³/mol. The first-order valence-corrected chi connectivity index (χ1v) is 5.20. The second-order valence-corrected chi connectivity index (χ2v) is 3.62. The van der Waals surface area contributed by atoms with Crippen LogP contribution in [-0.4, -0.2) is 18.2 Å². The van der Waals surface area contributed by atoms with Crippen LogP contribution in [0.15, 0.2) is 18.2 Å². The molecule has 3 nitrogen and oxygen atoms in total. The molecule has 1 aromatic carbocycles. The Kier molecular flexibility index (Phi) is 2.92. The van der Waals surface area contributed by atoms with Crippen molar-refractivity contribution < 1.29 is 14.0 Å². The summed E-state index contributed by atoms with van der Waals surface area (Å²) in [6.07, 6.45) is 0.492. The zero-order valence-electron chi connectivity index (χ0n) is 9.29. The number of amides is 1. The van der Waals surface area contributed by atoms with Crippen LogP contribution in [0.3, 0.4) is 0 Å². The first kappa shape index (κ1) is 11.3. The van der Waals surface area contributed by atoms with Crippen molar-refractivity contribution >= 4 is 17.4 Å². The number of ketones is 1. The molecule has 1 aromatic rings. The summed E-state index contributed by atoms with van der Waals surface area (Å²) < 4.78 is 13.0. The summed E-state index contributed by atoms with van der Waals surface area (Å²) in [6, 6.07) is 3.79. The molecular weight excluding hydrogens is 221 g/mol. The van der Waals surface area contributed by atoms with E-state index in [9.17, 15) is 14.0 Å². The highest BCUT2D eigenvalue weighted by molar-refractivity contribution is 6.52. The Morgan fingerprint density at radius 1 is 1.35 bits per heavy atom. The Hall–Kier alpha value is -2.15. The van der Waals surface area contributed by atoms with Gasteiger partial charge in [-0.05, 0) is 25.1 Å². The maximum atomic E-state index is 13.0. The average molecular weight is 231 g/mol. The molecule has 1 heterocycles. The highest BCUT2D eigenvalue weighted by Gasteiger charge is 2.35. The number of hydrogen-bond acceptors (Lipinski definition) is 2. The van der Waals surface area contributed by atoms with Gasteiger partial charge in [0.25, 0.3) is 11.7 Å².